The van der Waals surface area contributed by atoms with Crippen LogP contribution in [0.25, 0.3) is 11.4 Å². The smallest absolute Gasteiger partial charge is 0.231 e. The van der Waals surface area contributed by atoms with E-state index in [0.29, 0.717) is 18.1 Å². The number of pyridine rings is 1. The van der Waals surface area contributed by atoms with Gasteiger partial charge in [0.15, 0.2) is 0 Å². The molecule has 0 bridgehead atoms. The Hall–Kier alpha value is -2.69. The van der Waals surface area contributed by atoms with Gasteiger partial charge in [0.1, 0.15) is 5.75 Å². The summed E-state index contributed by atoms with van der Waals surface area (Å²) in [4.78, 5) is 8.75. The highest BCUT2D eigenvalue weighted by Gasteiger charge is 2.10. The molecule has 0 atom stereocenters. The first-order valence-corrected chi connectivity index (χ1v) is 6.66. The molecule has 0 radical (unpaired) electrons. The lowest BCUT2D eigenvalue weighted by molar-refractivity contribution is 0.385. The molecule has 0 saturated heterocycles. The summed E-state index contributed by atoms with van der Waals surface area (Å²) in [6.07, 6.45) is 0.538. The summed E-state index contributed by atoms with van der Waals surface area (Å²) in [5, 5.41) is 13.3. The molecule has 0 fully saturated rings. The van der Waals surface area contributed by atoms with E-state index in [1.807, 2.05) is 38.1 Å². The average Bonchev–Trinajstić information content (AvgIpc) is 2.89. The molecule has 0 amide bonds. The summed E-state index contributed by atoms with van der Waals surface area (Å²) in [7, 11) is 0. The Labute approximate surface area is 122 Å². The first-order chi connectivity index (χ1) is 10.1. The summed E-state index contributed by atoms with van der Waals surface area (Å²) >= 11 is 0. The monoisotopic (exact) mass is 281 g/mol. The zero-order valence-electron chi connectivity index (χ0n) is 11.9. The molecule has 0 spiro atoms. The van der Waals surface area contributed by atoms with Crippen molar-refractivity contribution in [1.29, 1.82) is 0 Å². The van der Waals surface area contributed by atoms with E-state index in [0.717, 1.165) is 22.5 Å². The highest BCUT2D eigenvalue weighted by Crippen LogP contribution is 2.19. The van der Waals surface area contributed by atoms with E-state index in [1.165, 1.54) is 0 Å². The molecule has 5 nitrogen and oxygen atoms in total. The summed E-state index contributed by atoms with van der Waals surface area (Å²) in [6, 6.07) is 10.8. The number of hydrogen-bond acceptors (Lipinski definition) is 5. The molecule has 0 aliphatic heterocycles. The number of phenolic OH excluding ortho intramolecular Hbond substituents is 1. The van der Waals surface area contributed by atoms with E-state index in [9.17, 15) is 5.11 Å². The Morgan fingerprint density at radius 3 is 2.33 bits per heavy atom. The fourth-order valence-electron chi connectivity index (χ4n) is 2.20. The molecule has 2 heterocycles. The number of nitrogens with zero attached hydrogens (tertiary/aromatic N) is 3. The molecule has 3 aromatic rings. The third kappa shape index (κ3) is 3.08. The Balaban J connectivity index is 1.84. The number of hydrogen-bond donors (Lipinski definition) is 1. The number of phenols is 1. The molecule has 21 heavy (non-hydrogen) atoms. The van der Waals surface area contributed by atoms with Gasteiger partial charge >= 0.3 is 0 Å². The molecular formula is C16H15N3O2. The third-order valence-corrected chi connectivity index (χ3v) is 3.10. The van der Waals surface area contributed by atoms with Crippen LogP contribution in [0.1, 0.15) is 22.8 Å². The van der Waals surface area contributed by atoms with Crippen molar-refractivity contribution < 1.29 is 9.63 Å². The van der Waals surface area contributed by atoms with Crippen LogP contribution in [0.4, 0.5) is 0 Å². The number of rotatable bonds is 3. The quantitative estimate of drug-likeness (QED) is 0.798. The van der Waals surface area contributed by atoms with Crippen molar-refractivity contribution in [3.63, 3.8) is 0 Å². The first kappa shape index (κ1) is 13.3. The first-order valence-electron chi connectivity index (χ1n) is 6.66. The van der Waals surface area contributed by atoms with Gasteiger partial charge in [-0.2, -0.15) is 4.98 Å². The van der Waals surface area contributed by atoms with E-state index in [2.05, 4.69) is 15.1 Å². The van der Waals surface area contributed by atoms with Crippen LogP contribution in [-0.2, 0) is 6.42 Å². The normalized spacial score (nSPS) is 10.8. The van der Waals surface area contributed by atoms with Gasteiger partial charge in [0.25, 0.3) is 0 Å². The SMILES string of the molecule is Cc1cc(-c2noc(Cc3ccc(O)cc3)n2)cc(C)n1. The van der Waals surface area contributed by atoms with Crippen LogP contribution in [0.3, 0.4) is 0 Å². The topological polar surface area (TPSA) is 72.0 Å². The average molecular weight is 281 g/mol. The van der Waals surface area contributed by atoms with Crippen LogP contribution in [0, 0.1) is 13.8 Å². The lowest BCUT2D eigenvalue weighted by atomic mass is 10.1. The lowest BCUT2D eigenvalue weighted by Crippen LogP contribution is -1.90. The van der Waals surface area contributed by atoms with Gasteiger partial charge in [-0.3, -0.25) is 4.98 Å². The minimum absolute atomic E-state index is 0.243. The van der Waals surface area contributed by atoms with E-state index in [1.54, 1.807) is 12.1 Å². The second-order valence-corrected chi connectivity index (χ2v) is 4.99. The molecule has 1 aromatic carbocycles. The van der Waals surface area contributed by atoms with Crippen molar-refractivity contribution >= 4 is 0 Å². The van der Waals surface area contributed by atoms with Gasteiger partial charge in [-0.15, -0.1) is 0 Å². The Morgan fingerprint density at radius 1 is 1.00 bits per heavy atom. The van der Waals surface area contributed by atoms with Crippen molar-refractivity contribution in [1.82, 2.24) is 15.1 Å². The van der Waals surface area contributed by atoms with Crippen molar-refractivity contribution in [3.05, 3.63) is 59.2 Å². The van der Waals surface area contributed by atoms with Crippen LogP contribution in [0.2, 0.25) is 0 Å². The Kier molecular flexibility index (Phi) is 3.39. The maximum atomic E-state index is 9.27. The molecule has 0 aliphatic rings. The van der Waals surface area contributed by atoms with Crippen molar-refractivity contribution in [2.24, 2.45) is 0 Å². The summed E-state index contributed by atoms with van der Waals surface area (Å²) in [5.41, 5.74) is 3.76. The molecule has 5 heteroatoms. The van der Waals surface area contributed by atoms with Gasteiger partial charge in [0.2, 0.25) is 11.7 Å². The summed E-state index contributed by atoms with van der Waals surface area (Å²) in [6.45, 7) is 3.88. The van der Waals surface area contributed by atoms with Gasteiger partial charge in [-0.05, 0) is 43.7 Å². The standard InChI is InChI=1S/C16H15N3O2/c1-10-7-13(8-11(2)17-10)16-18-15(21-19-16)9-12-3-5-14(20)6-4-12/h3-8,20H,9H2,1-2H3. The van der Waals surface area contributed by atoms with Gasteiger partial charge in [0, 0.05) is 17.0 Å². The Morgan fingerprint density at radius 2 is 1.67 bits per heavy atom. The fourth-order valence-corrected chi connectivity index (χ4v) is 2.20. The van der Waals surface area contributed by atoms with Crippen molar-refractivity contribution in [3.8, 4) is 17.1 Å². The number of benzene rings is 1. The molecule has 0 aliphatic carbocycles. The van der Waals surface area contributed by atoms with Crippen LogP contribution < -0.4 is 0 Å². The fraction of sp³-hybridized carbons (Fsp3) is 0.188. The molecule has 1 N–H and O–H groups in total. The second-order valence-electron chi connectivity index (χ2n) is 4.99. The maximum absolute atomic E-state index is 9.27. The maximum Gasteiger partial charge on any atom is 0.231 e. The number of aromatic nitrogens is 3. The van der Waals surface area contributed by atoms with Gasteiger partial charge < -0.3 is 9.63 Å². The highest BCUT2D eigenvalue weighted by molar-refractivity contribution is 5.55. The molecular weight excluding hydrogens is 266 g/mol. The molecule has 3 rings (SSSR count). The largest absolute Gasteiger partial charge is 0.508 e. The zero-order chi connectivity index (χ0) is 14.8. The summed E-state index contributed by atoms with van der Waals surface area (Å²) in [5.74, 6) is 1.35. The van der Waals surface area contributed by atoms with Crippen LogP contribution in [-0.4, -0.2) is 20.2 Å². The predicted octanol–water partition coefficient (Wildman–Crippen LogP) is 3.04. The van der Waals surface area contributed by atoms with E-state index >= 15 is 0 Å². The highest BCUT2D eigenvalue weighted by atomic mass is 16.5. The second kappa shape index (κ2) is 5.36. The zero-order valence-corrected chi connectivity index (χ0v) is 11.9. The van der Waals surface area contributed by atoms with Gasteiger partial charge in [-0.1, -0.05) is 17.3 Å². The van der Waals surface area contributed by atoms with E-state index < -0.39 is 0 Å². The molecule has 106 valence electrons. The molecule has 2 aromatic heterocycles. The van der Waals surface area contributed by atoms with Crippen LogP contribution in [0.5, 0.6) is 5.75 Å². The summed E-state index contributed by atoms with van der Waals surface area (Å²) < 4.78 is 5.29. The van der Waals surface area contributed by atoms with Crippen molar-refractivity contribution in [2.75, 3.05) is 0 Å². The van der Waals surface area contributed by atoms with Crippen LogP contribution >= 0.6 is 0 Å². The van der Waals surface area contributed by atoms with Crippen LogP contribution in [0.15, 0.2) is 40.9 Å². The predicted molar refractivity (Wildman–Crippen MR) is 77.9 cm³/mol. The minimum Gasteiger partial charge on any atom is -0.508 e. The molecule has 0 unspecified atom stereocenters. The third-order valence-electron chi connectivity index (χ3n) is 3.10. The molecule has 0 saturated carbocycles. The number of aryl methyl sites for hydroxylation is 2. The van der Waals surface area contributed by atoms with E-state index in [4.69, 9.17) is 4.52 Å². The van der Waals surface area contributed by atoms with E-state index in [-0.39, 0.29) is 5.75 Å². The van der Waals surface area contributed by atoms with Crippen molar-refractivity contribution in [2.45, 2.75) is 20.3 Å². The Bertz CT molecular complexity index is 743. The lowest BCUT2D eigenvalue weighted by Gasteiger charge is -1.99. The van der Waals surface area contributed by atoms with Gasteiger partial charge in [0.05, 0.1) is 6.42 Å². The van der Waals surface area contributed by atoms with Gasteiger partial charge in [-0.25, -0.2) is 0 Å². The number of aromatic hydroxyl groups is 1. The minimum atomic E-state index is 0.243.